The van der Waals surface area contributed by atoms with Gasteiger partial charge < -0.3 is 5.73 Å². The zero-order chi connectivity index (χ0) is 11.1. The summed E-state index contributed by atoms with van der Waals surface area (Å²) >= 11 is 0. The Morgan fingerprint density at radius 3 is 2.67 bits per heavy atom. The molecule has 0 spiro atoms. The molecule has 0 radical (unpaired) electrons. The first-order valence-electron chi connectivity index (χ1n) is 4.48. The quantitative estimate of drug-likeness (QED) is 0.423. The number of carbonyl (C=O) groups is 1. The summed E-state index contributed by atoms with van der Waals surface area (Å²) in [7, 11) is 1.51. The third kappa shape index (κ3) is 4.08. The minimum atomic E-state index is -0.290. The Kier molecular flexibility index (Phi) is 4.09. The van der Waals surface area contributed by atoms with Crippen LogP contribution in [0.4, 0.5) is 0 Å². The SMILES string of the molecule is CN=C(N)NC(=O)C=Cc1ccccc1. The van der Waals surface area contributed by atoms with Crippen molar-refractivity contribution in [3.8, 4) is 0 Å². The predicted molar refractivity (Wildman–Crippen MR) is 61.2 cm³/mol. The van der Waals surface area contributed by atoms with Gasteiger partial charge in [0.05, 0.1) is 0 Å². The largest absolute Gasteiger partial charge is 0.370 e. The highest BCUT2D eigenvalue weighted by atomic mass is 16.1. The van der Waals surface area contributed by atoms with E-state index in [1.165, 1.54) is 13.1 Å². The molecule has 1 rings (SSSR count). The van der Waals surface area contributed by atoms with E-state index in [1.807, 2.05) is 30.3 Å². The second kappa shape index (κ2) is 5.59. The minimum Gasteiger partial charge on any atom is -0.370 e. The lowest BCUT2D eigenvalue weighted by molar-refractivity contribution is -0.115. The molecule has 78 valence electrons. The topological polar surface area (TPSA) is 67.5 Å². The normalized spacial score (nSPS) is 11.7. The van der Waals surface area contributed by atoms with Gasteiger partial charge in [-0.25, -0.2) is 0 Å². The van der Waals surface area contributed by atoms with Crippen LogP contribution in [-0.4, -0.2) is 18.9 Å². The first-order chi connectivity index (χ1) is 7.22. The lowest BCUT2D eigenvalue weighted by atomic mass is 10.2. The fraction of sp³-hybridized carbons (Fsp3) is 0.0909. The Labute approximate surface area is 88.5 Å². The van der Waals surface area contributed by atoms with Crippen LogP contribution < -0.4 is 11.1 Å². The summed E-state index contributed by atoms with van der Waals surface area (Å²) in [4.78, 5) is 14.8. The molecule has 0 aliphatic heterocycles. The predicted octanol–water partition coefficient (Wildman–Crippen LogP) is 0.760. The summed E-state index contributed by atoms with van der Waals surface area (Å²) < 4.78 is 0. The molecule has 0 atom stereocenters. The third-order valence-corrected chi connectivity index (χ3v) is 1.72. The summed E-state index contributed by atoms with van der Waals surface area (Å²) in [5.74, 6) is -0.181. The lowest BCUT2D eigenvalue weighted by Crippen LogP contribution is -2.35. The number of benzene rings is 1. The zero-order valence-corrected chi connectivity index (χ0v) is 8.47. The fourth-order valence-corrected chi connectivity index (χ4v) is 0.960. The molecule has 0 heterocycles. The molecule has 0 aliphatic rings. The number of hydrogen-bond donors (Lipinski definition) is 2. The van der Waals surface area contributed by atoms with Crippen LogP contribution in [0.15, 0.2) is 41.4 Å². The Hall–Kier alpha value is -2.10. The number of carbonyl (C=O) groups excluding carboxylic acids is 1. The van der Waals surface area contributed by atoms with Crippen LogP contribution in [0.3, 0.4) is 0 Å². The molecule has 0 unspecified atom stereocenters. The molecule has 0 saturated heterocycles. The van der Waals surface area contributed by atoms with E-state index in [1.54, 1.807) is 6.08 Å². The van der Waals surface area contributed by atoms with Crippen molar-refractivity contribution < 1.29 is 4.79 Å². The Bertz CT molecular complexity index is 382. The van der Waals surface area contributed by atoms with Gasteiger partial charge in [-0.15, -0.1) is 0 Å². The van der Waals surface area contributed by atoms with Gasteiger partial charge in [0.15, 0.2) is 5.96 Å². The van der Waals surface area contributed by atoms with Gasteiger partial charge in [0.1, 0.15) is 0 Å². The number of nitrogens with zero attached hydrogens (tertiary/aromatic N) is 1. The van der Waals surface area contributed by atoms with Crippen molar-refractivity contribution in [1.82, 2.24) is 5.32 Å². The molecule has 0 saturated carbocycles. The molecule has 1 amide bonds. The van der Waals surface area contributed by atoms with E-state index in [9.17, 15) is 4.79 Å². The van der Waals surface area contributed by atoms with Crippen molar-refractivity contribution in [3.63, 3.8) is 0 Å². The van der Waals surface area contributed by atoms with Crippen molar-refractivity contribution in [2.24, 2.45) is 10.7 Å². The smallest absolute Gasteiger partial charge is 0.250 e. The number of amides is 1. The van der Waals surface area contributed by atoms with Gasteiger partial charge in [0, 0.05) is 13.1 Å². The number of rotatable bonds is 2. The highest BCUT2D eigenvalue weighted by Crippen LogP contribution is 2.00. The monoisotopic (exact) mass is 203 g/mol. The van der Waals surface area contributed by atoms with E-state index in [4.69, 9.17) is 5.73 Å². The number of guanidine groups is 1. The molecule has 15 heavy (non-hydrogen) atoms. The highest BCUT2D eigenvalue weighted by molar-refractivity contribution is 6.03. The van der Waals surface area contributed by atoms with E-state index >= 15 is 0 Å². The second-order valence-corrected chi connectivity index (χ2v) is 2.84. The maximum Gasteiger partial charge on any atom is 0.250 e. The van der Waals surface area contributed by atoms with Crippen LogP contribution in [0.1, 0.15) is 5.56 Å². The first kappa shape index (κ1) is 11.0. The van der Waals surface area contributed by atoms with Crippen LogP contribution in [-0.2, 0) is 4.79 Å². The van der Waals surface area contributed by atoms with E-state index < -0.39 is 0 Å². The van der Waals surface area contributed by atoms with E-state index in [-0.39, 0.29) is 11.9 Å². The Morgan fingerprint density at radius 1 is 1.40 bits per heavy atom. The molecule has 0 fully saturated rings. The standard InChI is InChI=1S/C11H13N3O/c1-13-11(12)14-10(15)8-7-9-5-3-2-4-6-9/h2-8H,1H3,(H3,12,13,14,15). The average molecular weight is 203 g/mol. The summed E-state index contributed by atoms with van der Waals surface area (Å²) in [5, 5.41) is 2.40. The number of nitrogens with one attached hydrogen (secondary N) is 1. The molecule has 0 bridgehead atoms. The van der Waals surface area contributed by atoms with Crippen LogP contribution >= 0.6 is 0 Å². The van der Waals surface area contributed by atoms with Crippen LogP contribution in [0, 0.1) is 0 Å². The zero-order valence-electron chi connectivity index (χ0n) is 8.47. The van der Waals surface area contributed by atoms with Gasteiger partial charge in [-0.2, -0.15) is 0 Å². The fourth-order valence-electron chi connectivity index (χ4n) is 0.960. The Balaban J connectivity index is 2.55. The van der Waals surface area contributed by atoms with E-state index in [0.29, 0.717) is 0 Å². The van der Waals surface area contributed by atoms with E-state index in [0.717, 1.165) is 5.56 Å². The van der Waals surface area contributed by atoms with Crippen molar-refractivity contribution in [2.45, 2.75) is 0 Å². The van der Waals surface area contributed by atoms with Crippen molar-refractivity contribution in [2.75, 3.05) is 7.05 Å². The van der Waals surface area contributed by atoms with Crippen molar-refractivity contribution in [1.29, 1.82) is 0 Å². The van der Waals surface area contributed by atoms with E-state index in [2.05, 4.69) is 10.3 Å². The molecule has 0 aromatic heterocycles. The molecular formula is C11H13N3O. The summed E-state index contributed by atoms with van der Waals surface area (Å²) in [6.45, 7) is 0. The average Bonchev–Trinajstić information content (AvgIpc) is 2.27. The second-order valence-electron chi connectivity index (χ2n) is 2.84. The molecule has 0 aliphatic carbocycles. The maximum absolute atomic E-state index is 11.2. The van der Waals surface area contributed by atoms with Gasteiger partial charge in [-0.3, -0.25) is 15.1 Å². The molecule has 4 nitrogen and oxygen atoms in total. The van der Waals surface area contributed by atoms with Crippen LogP contribution in [0.25, 0.3) is 6.08 Å². The van der Waals surface area contributed by atoms with Gasteiger partial charge in [-0.1, -0.05) is 30.3 Å². The molecule has 1 aromatic rings. The van der Waals surface area contributed by atoms with Gasteiger partial charge in [0.2, 0.25) is 0 Å². The van der Waals surface area contributed by atoms with Crippen molar-refractivity contribution in [3.05, 3.63) is 42.0 Å². The molecular weight excluding hydrogens is 190 g/mol. The number of aliphatic imine (C=N–C) groups is 1. The molecule has 3 N–H and O–H groups in total. The van der Waals surface area contributed by atoms with Crippen molar-refractivity contribution >= 4 is 17.9 Å². The maximum atomic E-state index is 11.2. The molecule has 4 heteroatoms. The minimum absolute atomic E-state index is 0.109. The Morgan fingerprint density at radius 2 is 2.07 bits per heavy atom. The summed E-state index contributed by atoms with van der Waals surface area (Å²) in [6.07, 6.45) is 3.12. The molecule has 1 aromatic carbocycles. The lowest BCUT2D eigenvalue weighted by Gasteiger charge is -1.98. The number of nitrogens with two attached hydrogens (primary N) is 1. The van der Waals surface area contributed by atoms with Crippen LogP contribution in [0.2, 0.25) is 0 Å². The highest BCUT2D eigenvalue weighted by Gasteiger charge is 1.95. The summed E-state index contributed by atoms with van der Waals surface area (Å²) in [6, 6.07) is 9.53. The first-order valence-corrected chi connectivity index (χ1v) is 4.48. The summed E-state index contributed by atoms with van der Waals surface area (Å²) in [5.41, 5.74) is 6.29. The third-order valence-electron chi connectivity index (χ3n) is 1.72. The van der Waals surface area contributed by atoms with Crippen LogP contribution in [0.5, 0.6) is 0 Å². The van der Waals surface area contributed by atoms with Gasteiger partial charge >= 0.3 is 0 Å². The number of hydrogen-bond acceptors (Lipinski definition) is 2. The van der Waals surface area contributed by atoms with Gasteiger partial charge in [0.25, 0.3) is 5.91 Å². The van der Waals surface area contributed by atoms with Gasteiger partial charge in [-0.05, 0) is 11.6 Å².